The topological polar surface area (TPSA) is 207 Å². The Labute approximate surface area is 405 Å². The number of hydrogen-bond acceptors (Lipinski definition) is 12. The summed E-state index contributed by atoms with van der Waals surface area (Å²) in [6.45, 7) is 4.94. The first-order chi connectivity index (χ1) is 33.7. The number of fused-ring (bicyclic) bond motifs is 2. The molecule has 71 heavy (non-hydrogen) atoms. The van der Waals surface area contributed by atoms with Crippen LogP contribution in [0.3, 0.4) is 0 Å². The van der Waals surface area contributed by atoms with Crippen LogP contribution in [0.25, 0.3) is 33.4 Å². The zero-order chi connectivity index (χ0) is 51.7. The van der Waals surface area contributed by atoms with Crippen molar-refractivity contribution in [1.82, 2.24) is 29.6 Å². The molecule has 0 saturated carbocycles. The van der Waals surface area contributed by atoms with Gasteiger partial charge in [0.25, 0.3) is 16.0 Å². The zero-order valence-electron chi connectivity index (χ0n) is 39.1. The summed E-state index contributed by atoms with van der Waals surface area (Å²) >= 11 is 0. The monoisotopic (exact) mass is 1040 g/mol. The molecule has 4 aromatic rings. The Kier molecular flexibility index (Phi) is 18.1. The molecular weight excluding hydrogens is 987 g/mol. The standard InChI is InChI=1S/C45H52BF6N7O10S2/c1-5-57(6-2)30-9-12-33-38(23-30)69-39-24-31(58(7-3)8-4)10-13-34(39)41(33)35-14-11-32(25-40(35)71(63,64)65)70(61,62)54-15-17-66-19-21-68-22-20-67-18-16-59-28-29(55-56-59)27-53-45(60)42-36(47)26-37(48)43(44(42)49)46(50,51)52/h9-14,23-26,28,54H,5-8,15-22,27H2,1-4H3,(H,53,60)(H,63,64,65). The number of nitrogens with one attached hydrogen (secondary N) is 2. The molecule has 0 saturated heterocycles. The average molecular weight is 1040 g/mol. The molecule has 0 bridgehead atoms. The van der Waals surface area contributed by atoms with Gasteiger partial charge >= 0.3 is 6.98 Å². The van der Waals surface area contributed by atoms with Crippen LogP contribution in [-0.2, 0) is 47.4 Å². The predicted octanol–water partition coefficient (Wildman–Crippen LogP) is 5.13. The number of ether oxygens (including phenoxy) is 3. The van der Waals surface area contributed by atoms with E-state index in [4.69, 9.17) is 18.6 Å². The lowest BCUT2D eigenvalue weighted by atomic mass is 9.78. The molecule has 17 nitrogen and oxygen atoms in total. The summed E-state index contributed by atoms with van der Waals surface area (Å²) in [6, 6.07) is 14.5. The van der Waals surface area contributed by atoms with Crippen LogP contribution >= 0.6 is 0 Å². The second-order valence-electron chi connectivity index (χ2n) is 15.7. The van der Waals surface area contributed by atoms with Gasteiger partial charge in [0.15, 0.2) is 0 Å². The van der Waals surface area contributed by atoms with Gasteiger partial charge in [0.05, 0.1) is 69.9 Å². The van der Waals surface area contributed by atoms with Crippen LogP contribution in [0, 0.1) is 17.5 Å². The van der Waals surface area contributed by atoms with Crippen LogP contribution in [0.1, 0.15) is 43.7 Å². The number of sulfonamides is 1. The molecule has 0 spiro atoms. The minimum absolute atomic E-state index is 0.0675. The maximum absolute atomic E-state index is 14.3. The van der Waals surface area contributed by atoms with E-state index in [1.165, 1.54) is 23.0 Å². The first-order valence-electron chi connectivity index (χ1n) is 22.4. The summed E-state index contributed by atoms with van der Waals surface area (Å²) in [7, 11) is -9.29. The lowest BCUT2D eigenvalue weighted by molar-refractivity contribution is 0.0138. The summed E-state index contributed by atoms with van der Waals surface area (Å²) in [4.78, 5) is 13.4. The van der Waals surface area contributed by atoms with E-state index in [2.05, 4.69) is 24.5 Å². The molecule has 2 aliphatic rings. The highest BCUT2D eigenvalue weighted by Crippen LogP contribution is 2.43. The van der Waals surface area contributed by atoms with Crippen molar-refractivity contribution < 1.29 is 70.9 Å². The molecule has 6 rings (SSSR count). The van der Waals surface area contributed by atoms with Crippen LogP contribution in [-0.4, -0.2) is 122 Å². The molecule has 1 aliphatic heterocycles. The summed E-state index contributed by atoms with van der Waals surface area (Å²) in [5.41, 5.74) is -1.42. The molecule has 3 aromatic carbocycles. The predicted molar refractivity (Wildman–Crippen MR) is 252 cm³/mol. The smallest absolute Gasteiger partial charge is 0.456 e. The second kappa shape index (κ2) is 23.6. The van der Waals surface area contributed by atoms with Gasteiger partial charge in [-0.05, 0) is 63.5 Å². The Balaban J connectivity index is 0.979. The first-order valence-corrected chi connectivity index (χ1v) is 25.4. The van der Waals surface area contributed by atoms with Gasteiger partial charge < -0.3 is 41.8 Å². The van der Waals surface area contributed by atoms with Gasteiger partial charge in [-0.15, -0.1) is 5.10 Å². The van der Waals surface area contributed by atoms with Gasteiger partial charge in [-0.3, -0.25) is 9.35 Å². The molecule has 0 radical (unpaired) electrons. The van der Waals surface area contributed by atoms with E-state index in [0.717, 1.165) is 43.3 Å². The van der Waals surface area contributed by atoms with Crippen molar-refractivity contribution in [2.24, 2.45) is 0 Å². The number of anilines is 1. The Bertz CT molecular complexity index is 3130. The summed E-state index contributed by atoms with van der Waals surface area (Å²) in [5.74, 6) is -7.42. The maximum atomic E-state index is 14.3. The molecule has 2 heterocycles. The Hall–Kier alpha value is -5.90. The third-order valence-electron chi connectivity index (χ3n) is 11.3. The SMILES string of the molecule is CCN(CC)c1ccc2c(-c3ccc(S(=O)(=O)NCCOCCOCCOCCn4cc(CNC(=O)c5c(F)cc(F)c([B-](F)(F)F)c5F)nn4)cc3S(=O)(=O)O)c3ccc(=[N+](CC)CC)cc-3oc2c1. The van der Waals surface area contributed by atoms with Gasteiger partial charge in [-0.1, -0.05) is 11.3 Å². The Morgan fingerprint density at radius 1 is 0.831 bits per heavy atom. The minimum Gasteiger partial charge on any atom is -0.456 e. The molecule has 1 amide bonds. The highest BCUT2D eigenvalue weighted by Gasteiger charge is 2.36. The zero-order valence-corrected chi connectivity index (χ0v) is 40.7. The number of benzene rings is 4. The van der Waals surface area contributed by atoms with Crippen LogP contribution < -0.4 is 30.3 Å². The van der Waals surface area contributed by atoms with Gasteiger partial charge in [0, 0.05) is 65.6 Å². The number of aromatic nitrogens is 3. The second-order valence-corrected chi connectivity index (χ2v) is 18.9. The van der Waals surface area contributed by atoms with Crippen molar-refractivity contribution >= 4 is 55.1 Å². The number of halogens is 6. The lowest BCUT2D eigenvalue weighted by Gasteiger charge is -2.22. The lowest BCUT2D eigenvalue weighted by Crippen LogP contribution is -2.42. The summed E-state index contributed by atoms with van der Waals surface area (Å²) < 4.78 is 174. The van der Waals surface area contributed by atoms with Crippen LogP contribution in [0.2, 0.25) is 0 Å². The fourth-order valence-electron chi connectivity index (χ4n) is 7.75. The fraction of sp³-hybridized carbons (Fsp3) is 0.378. The third kappa shape index (κ3) is 13.2. The third-order valence-corrected chi connectivity index (χ3v) is 13.6. The molecule has 1 aliphatic carbocycles. The molecule has 26 heteroatoms. The van der Waals surface area contributed by atoms with Crippen molar-refractivity contribution in [3.05, 3.63) is 101 Å². The molecule has 1 aromatic heterocycles. The van der Waals surface area contributed by atoms with Gasteiger partial charge in [0.1, 0.15) is 58.0 Å². The van der Waals surface area contributed by atoms with Crippen LogP contribution in [0.5, 0.6) is 0 Å². The molecular formula is C45H52BF6N7O10S2. The number of carbonyl (C=O) groups is 1. The molecule has 0 unspecified atom stereocenters. The van der Waals surface area contributed by atoms with Crippen molar-refractivity contribution in [3.63, 3.8) is 0 Å². The highest BCUT2D eigenvalue weighted by molar-refractivity contribution is 7.89. The summed E-state index contributed by atoms with van der Waals surface area (Å²) in [6.07, 6.45) is 1.35. The number of amides is 1. The number of nitrogens with zero attached hydrogens (tertiary/aromatic N) is 5. The number of carbonyl (C=O) groups excluding carboxylic acids is 1. The molecule has 0 fully saturated rings. The Morgan fingerprint density at radius 3 is 2.14 bits per heavy atom. The van der Waals surface area contributed by atoms with Gasteiger partial charge in [-0.25, -0.2) is 35.6 Å². The van der Waals surface area contributed by atoms with Crippen LogP contribution in [0.4, 0.5) is 31.8 Å². The molecule has 0 atom stereocenters. The van der Waals surface area contributed by atoms with Crippen molar-refractivity contribution in [3.8, 4) is 22.5 Å². The minimum atomic E-state index is -6.21. The van der Waals surface area contributed by atoms with Crippen molar-refractivity contribution in [2.75, 3.05) is 77.3 Å². The first kappa shape index (κ1) is 54.4. The normalized spacial score (nSPS) is 12.3. The van der Waals surface area contributed by atoms with E-state index in [-0.39, 0.29) is 70.1 Å². The van der Waals surface area contributed by atoms with Gasteiger partial charge in [0.2, 0.25) is 15.4 Å². The van der Waals surface area contributed by atoms with Crippen molar-refractivity contribution in [1.29, 1.82) is 0 Å². The largest absolute Gasteiger partial charge is 0.515 e. The van der Waals surface area contributed by atoms with E-state index in [1.807, 2.05) is 69.4 Å². The van der Waals surface area contributed by atoms with E-state index in [0.29, 0.717) is 27.9 Å². The van der Waals surface area contributed by atoms with Crippen LogP contribution in [0.15, 0.2) is 81.1 Å². The number of hydrogen-bond donors (Lipinski definition) is 3. The van der Waals surface area contributed by atoms with E-state index >= 15 is 0 Å². The summed E-state index contributed by atoms with van der Waals surface area (Å²) in [5, 5.41) is 11.0. The fourth-order valence-corrected chi connectivity index (χ4v) is 9.59. The molecule has 384 valence electrons. The number of rotatable bonds is 25. The Morgan fingerprint density at radius 2 is 1.49 bits per heavy atom. The molecule has 3 N–H and O–H groups in total. The van der Waals surface area contributed by atoms with E-state index in [9.17, 15) is 52.3 Å². The van der Waals surface area contributed by atoms with E-state index < -0.39 is 77.8 Å². The average Bonchev–Trinajstić information content (AvgIpc) is 3.77. The maximum Gasteiger partial charge on any atom is 0.515 e. The highest BCUT2D eigenvalue weighted by atomic mass is 32.2. The van der Waals surface area contributed by atoms with Crippen molar-refractivity contribution in [2.45, 2.75) is 50.6 Å². The van der Waals surface area contributed by atoms with Gasteiger partial charge in [-0.2, -0.15) is 8.42 Å². The quantitative estimate of drug-likeness (QED) is 0.0170. The van der Waals surface area contributed by atoms with E-state index in [1.54, 1.807) is 0 Å².